The van der Waals surface area contributed by atoms with E-state index in [9.17, 15) is 9.59 Å². The molecule has 5 heteroatoms. The van der Waals surface area contributed by atoms with Gasteiger partial charge in [-0.3, -0.25) is 9.59 Å². The molecule has 1 saturated heterocycles. The number of hydrogen-bond donors (Lipinski definition) is 0. The summed E-state index contributed by atoms with van der Waals surface area (Å²) in [6.07, 6.45) is 2.85. The zero-order valence-electron chi connectivity index (χ0n) is 14.6. The van der Waals surface area contributed by atoms with Crippen LogP contribution in [0, 0.1) is 5.92 Å². The Hall–Kier alpha value is -1.49. The van der Waals surface area contributed by atoms with E-state index in [2.05, 4.69) is 26.0 Å². The number of fused-ring (bicyclic) bond motifs is 1. The van der Waals surface area contributed by atoms with Crippen molar-refractivity contribution in [3.05, 3.63) is 29.3 Å². The molecule has 130 valence electrons. The van der Waals surface area contributed by atoms with Gasteiger partial charge in [0, 0.05) is 43.1 Å². The van der Waals surface area contributed by atoms with Crippen molar-refractivity contribution in [1.29, 1.82) is 0 Å². The van der Waals surface area contributed by atoms with E-state index in [0.29, 0.717) is 38.5 Å². The molecule has 0 unspecified atom stereocenters. The summed E-state index contributed by atoms with van der Waals surface area (Å²) in [6, 6.07) is 6.12. The van der Waals surface area contributed by atoms with E-state index in [1.807, 2.05) is 27.6 Å². The quantitative estimate of drug-likeness (QED) is 0.845. The molecule has 1 aromatic carbocycles. The molecule has 0 N–H and O–H groups in total. The smallest absolute Gasteiger partial charge is 0.253 e. The molecule has 3 rings (SSSR count). The summed E-state index contributed by atoms with van der Waals surface area (Å²) in [5.74, 6) is 1.87. The summed E-state index contributed by atoms with van der Waals surface area (Å²) < 4.78 is 0. The Kier molecular flexibility index (Phi) is 5.49. The Morgan fingerprint density at radius 2 is 1.83 bits per heavy atom. The summed E-state index contributed by atoms with van der Waals surface area (Å²) in [5.41, 5.74) is 2.10. The number of rotatable bonds is 3. The third-order valence-corrected chi connectivity index (χ3v) is 5.86. The number of amides is 2. The zero-order valence-corrected chi connectivity index (χ0v) is 15.4. The van der Waals surface area contributed by atoms with Crippen molar-refractivity contribution < 1.29 is 9.59 Å². The van der Waals surface area contributed by atoms with E-state index in [1.54, 1.807) is 0 Å². The first-order valence-electron chi connectivity index (χ1n) is 8.87. The van der Waals surface area contributed by atoms with Crippen molar-refractivity contribution in [2.75, 3.05) is 31.9 Å². The van der Waals surface area contributed by atoms with Gasteiger partial charge in [-0.2, -0.15) is 0 Å². The van der Waals surface area contributed by atoms with Crippen LogP contribution >= 0.6 is 11.8 Å². The van der Waals surface area contributed by atoms with Crippen molar-refractivity contribution in [3.63, 3.8) is 0 Å². The van der Waals surface area contributed by atoms with Gasteiger partial charge in [-0.15, -0.1) is 11.8 Å². The van der Waals surface area contributed by atoms with E-state index in [0.717, 1.165) is 12.0 Å². The number of thioether (sulfide) groups is 1. The van der Waals surface area contributed by atoms with Crippen molar-refractivity contribution >= 4 is 23.6 Å². The van der Waals surface area contributed by atoms with E-state index in [1.165, 1.54) is 22.6 Å². The fourth-order valence-electron chi connectivity index (χ4n) is 3.31. The van der Waals surface area contributed by atoms with Gasteiger partial charge in [0.1, 0.15) is 0 Å². The van der Waals surface area contributed by atoms with Crippen molar-refractivity contribution in [2.45, 2.75) is 38.0 Å². The second-order valence-electron chi connectivity index (χ2n) is 7.05. The average molecular weight is 346 g/mol. The molecular weight excluding hydrogens is 320 g/mol. The number of benzene rings is 1. The molecule has 0 saturated carbocycles. The highest BCUT2D eigenvalue weighted by Crippen LogP contribution is 2.30. The SMILES string of the molecule is CC(C)CC(=O)N1CCN(C(=O)c2ccc3c(c2)CCCS3)CC1. The standard InChI is InChI=1S/C19H26N2O2S/c1-14(2)12-18(22)20-7-9-21(10-8-20)19(23)16-5-6-17-15(13-16)4-3-11-24-17/h5-6,13-14H,3-4,7-12H2,1-2H3. The zero-order chi connectivity index (χ0) is 17.1. The van der Waals surface area contributed by atoms with Crippen LogP contribution < -0.4 is 0 Å². The normalized spacial score (nSPS) is 17.8. The van der Waals surface area contributed by atoms with Crippen LogP contribution in [-0.4, -0.2) is 53.5 Å². The van der Waals surface area contributed by atoms with Gasteiger partial charge in [0.15, 0.2) is 0 Å². The second-order valence-corrected chi connectivity index (χ2v) is 8.18. The highest BCUT2D eigenvalue weighted by molar-refractivity contribution is 7.99. The Balaban J connectivity index is 1.60. The van der Waals surface area contributed by atoms with Crippen LogP contribution in [0.4, 0.5) is 0 Å². The van der Waals surface area contributed by atoms with Crippen LogP contribution in [0.15, 0.2) is 23.1 Å². The van der Waals surface area contributed by atoms with Crippen LogP contribution in [0.5, 0.6) is 0 Å². The molecule has 0 radical (unpaired) electrons. The molecule has 4 nitrogen and oxygen atoms in total. The Labute approximate surface area is 148 Å². The predicted molar refractivity (Wildman–Crippen MR) is 97.4 cm³/mol. The lowest BCUT2D eigenvalue weighted by molar-refractivity contribution is -0.133. The molecule has 2 heterocycles. The molecule has 0 atom stereocenters. The minimum absolute atomic E-state index is 0.101. The number of carbonyl (C=O) groups excluding carboxylic acids is 2. The van der Waals surface area contributed by atoms with Crippen LogP contribution in [0.2, 0.25) is 0 Å². The third kappa shape index (κ3) is 3.94. The lowest BCUT2D eigenvalue weighted by Gasteiger charge is -2.35. The lowest BCUT2D eigenvalue weighted by Crippen LogP contribution is -2.50. The molecule has 0 aromatic heterocycles. The van der Waals surface area contributed by atoms with Gasteiger partial charge in [-0.1, -0.05) is 13.8 Å². The Morgan fingerprint density at radius 1 is 1.12 bits per heavy atom. The first kappa shape index (κ1) is 17.3. The van der Waals surface area contributed by atoms with Gasteiger partial charge in [-0.25, -0.2) is 0 Å². The maximum absolute atomic E-state index is 12.8. The number of hydrogen-bond acceptors (Lipinski definition) is 3. The van der Waals surface area contributed by atoms with Crippen molar-refractivity contribution in [1.82, 2.24) is 9.80 Å². The highest BCUT2D eigenvalue weighted by Gasteiger charge is 2.25. The first-order valence-corrected chi connectivity index (χ1v) is 9.86. The third-order valence-electron chi connectivity index (χ3n) is 4.66. The fourth-order valence-corrected chi connectivity index (χ4v) is 4.33. The minimum atomic E-state index is 0.101. The van der Waals surface area contributed by atoms with Crippen LogP contribution in [0.3, 0.4) is 0 Å². The van der Waals surface area contributed by atoms with E-state index >= 15 is 0 Å². The summed E-state index contributed by atoms with van der Waals surface area (Å²) in [4.78, 5) is 30.0. The molecule has 1 aromatic rings. The number of piperazine rings is 1. The molecule has 2 aliphatic heterocycles. The molecule has 2 aliphatic rings. The van der Waals surface area contributed by atoms with E-state index in [-0.39, 0.29) is 11.8 Å². The lowest BCUT2D eigenvalue weighted by atomic mass is 10.0. The van der Waals surface area contributed by atoms with E-state index in [4.69, 9.17) is 0 Å². The molecule has 0 spiro atoms. The van der Waals surface area contributed by atoms with Crippen LogP contribution in [-0.2, 0) is 11.2 Å². The molecule has 0 aliphatic carbocycles. The molecule has 24 heavy (non-hydrogen) atoms. The maximum atomic E-state index is 12.8. The van der Waals surface area contributed by atoms with E-state index < -0.39 is 0 Å². The fraction of sp³-hybridized carbons (Fsp3) is 0.579. The molecule has 1 fully saturated rings. The van der Waals surface area contributed by atoms with Crippen molar-refractivity contribution in [2.24, 2.45) is 5.92 Å². The Bertz CT molecular complexity index is 622. The molecule has 0 bridgehead atoms. The van der Waals surface area contributed by atoms with Gasteiger partial charge in [-0.05, 0) is 48.3 Å². The van der Waals surface area contributed by atoms with Gasteiger partial charge in [0.2, 0.25) is 5.91 Å². The Morgan fingerprint density at radius 3 is 2.54 bits per heavy atom. The monoisotopic (exact) mass is 346 g/mol. The topological polar surface area (TPSA) is 40.6 Å². The molecule has 2 amide bonds. The average Bonchev–Trinajstić information content (AvgIpc) is 2.60. The predicted octanol–water partition coefficient (Wildman–Crippen LogP) is 3.06. The number of aryl methyl sites for hydroxylation is 1. The van der Waals surface area contributed by atoms with Gasteiger partial charge >= 0.3 is 0 Å². The van der Waals surface area contributed by atoms with Gasteiger partial charge < -0.3 is 9.80 Å². The minimum Gasteiger partial charge on any atom is -0.339 e. The summed E-state index contributed by atoms with van der Waals surface area (Å²) in [5, 5.41) is 0. The van der Waals surface area contributed by atoms with Gasteiger partial charge in [0.25, 0.3) is 5.91 Å². The maximum Gasteiger partial charge on any atom is 0.253 e. The van der Waals surface area contributed by atoms with Gasteiger partial charge in [0.05, 0.1) is 0 Å². The molecular formula is C19H26N2O2S. The second kappa shape index (κ2) is 7.60. The van der Waals surface area contributed by atoms with Crippen LogP contribution in [0.1, 0.15) is 42.6 Å². The first-order chi connectivity index (χ1) is 11.5. The summed E-state index contributed by atoms with van der Waals surface area (Å²) in [6.45, 7) is 6.69. The number of nitrogens with zero attached hydrogens (tertiary/aromatic N) is 2. The number of carbonyl (C=O) groups is 2. The van der Waals surface area contributed by atoms with Crippen LogP contribution in [0.25, 0.3) is 0 Å². The largest absolute Gasteiger partial charge is 0.339 e. The summed E-state index contributed by atoms with van der Waals surface area (Å²) >= 11 is 1.88. The van der Waals surface area contributed by atoms with Crippen molar-refractivity contribution in [3.8, 4) is 0 Å². The summed E-state index contributed by atoms with van der Waals surface area (Å²) in [7, 11) is 0. The highest BCUT2D eigenvalue weighted by atomic mass is 32.2.